The van der Waals surface area contributed by atoms with Gasteiger partial charge in [-0.2, -0.15) is 0 Å². The summed E-state index contributed by atoms with van der Waals surface area (Å²) in [5, 5.41) is 6.58. The van der Waals surface area contributed by atoms with Crippen LogP contribution in [0.2, 0.25) is 10.0 Å². The average Bonchev–Trinajstić information content (AvgIpc) is 3.19. The second-order valence-electron chi connectivity index (χ2n) is 8.19. The summed E-state index contributed by atoms with van der Waals surface area (Å²) in [4.78, 5) is 17.1. The molecule has 0 aliphatic rings. The molecule has 0 fully saturated rings. The SMILES string of the molecule is Cc1cc(C)c2oc(Cc3ccc(NC(=S)NC(=O)C(C)Oc4ccc(Cl)cc4Cl)cc3)nc2c1. The molecule has 4 rings (SSSR count). The number of benzene rings is 3. The Hall–Kier alpha value is -3.13. The van der Waals surface area contributed by atoms with E-state index in [1.807, 2.05) is 44.2 Å². The molecule has 4 aromatic rings. The third-order valence-electron chi connectivity index (χ3n) is 5.24. The lowest BCUT2D eigenvalue weighted by Crippen LogP contribution is -2.42. The van der Waals surface area contributed by atoms with Crippen LogP contribution in [0, 0.1) is 13.8 Å². The molecule has 1 aromatic heterocycles. The number of anilines is 1. The monoisotopic (exact) mass is 527 g/mol. The first-order valence-electron chi connectivity index (χ1n) is 10.9. The second kappa shape index (κ2) is 10.6. The number of ether oxygens (including phenoxy) is 1. The topological polar surface area (TPSA) is 76.4 Å². The maximum Gasteiger partial charge on any atom is 0.266 e. The van der Waals surface area contributed by atoms with Crippen molar-refractivity contribution in [2.24, 2.45) is 0 Å². The van der Waals surface area contributed by atoms with Crippen molar-refractivity contribution in [2.45, 2.75) is 33.3 Å². The maximum atomic E-state index is 12.5. The Kier molecular flexibility index (Phi) is 7.60. The molecular formula is C26H23Cl2N3O3S. The van der Waals surface area contributed by atoms with Gasteiger partial charge >= 0.3 is 0 Å². The quantitative estimate of drug-likeness (QED) is 0.274. The fraction of sp³-hybridized carbons (Fsp3) is 0.192. The number of nitrogens with one attached hydrogen (secondary N) is 2. The van der Waals surface area contributed by atoms with Gasteiger partial charge in [-0.05, 0) is 86.1 Å². The number of halogens is 2. The Morgan fingerprint density at radius 1 is 1.11 bits per heavy atom. The van der Waals surface area contributed by atoms with Gasteiger partial charge < -0.3 is 14.5 Å². The number of aromatic nitrogens is 1. The molecule has 0 bridgehead atoms. The number of thiocarbonyl (C=S) groups is 1. The van der Waals surface area contributed by atoms with Crippen LogP contribution in [0.5, 0.6) is 5.75 Å². The van der Waals surface area contributed by atoms with Crippen molar-refractivity contribution >= 4 is 63.2 Å². The smallest absolute Gasteiger partial charge is 0.266 e. The lowest BCUT2D eigenvalue weighted by atomic mass is 10.1. The second-order valence-corrected chi connectivity index (χ2v) is 9.44. The van der Waals surface area contributed by atoms with Crippen LogP contribution >= 0.6 is 35.4 Å². The van der Waals surface area contributed by atoms with Gasteiger partial charge in [-0.15, -0.1) is 0 Å². The molecule has 3 aromatic carbocycles. The van der Waals surface area contributed by atoms with E-state index >= 15 is 0 Å². The summed E-state index contributed by atoms with van der Waals surface area (Å²) in [5.74, 6) is 0.607. The van der Waals surface area contributed by atoms with E-state index in [1.165, 1.54) is 0 Å². The molecule has 1 heterocycles. The predicted molar refractivity (Wildman–Crippen MR) is 144 cm³/mol. The highest BCUT2D eigenvalue weighted by molar-refractivity contribution is 7.80. The molecule has 1 atom stereocenters. The van der Waals surface area contributed by atoms with Crippen LogP contribution in [0.25, 0.3) is 11.1 Å². The number of carbonyl (C=O) groups is 1. The van der Waals surface area contributed by atoms with E-state index in [-0.39, 0.29) is 5.11 Å². The number of hydrogen-bond acceptors (Lipinski definition) is 5. The number of hydrogen-bond donors (Lipinski definition) is 2. The van der Waals surface area contributed by atoms with E-state index in [2.05, 4.69) is 21.7 Å². The molecule has 0 aliphatic carbocycles. The Bertz CT molecular complexity index is 1400. The molecular weight excluding hydrogens is 505 g/mol. The molecule has 180 valence electrons. The highest BCUT2D eigenvalue weighted by atomic mass is 35.5. The minimum atomic E-state index is -0.820. The lowest BCUT2D eigenvalue weighted by Gasteiger charge is -2.16. The standard InChI is InChI=1S/C26H23Cl2N3O3S/c1-14-10-15(2)24-21(11-14)30-23(34-24)12-17-4-7-19(8-5-17)29-26(35)31-25(32)16(3)33-22-9-6-18(27)13-20(22)28/h4-11,13,16H,12H2,1-3H3,(H2,29,31,32,35). The van der Waals surface area contributed by atoms with Gasteiger partial charge in [0.15, 0.2) is 22.7 Å². The summed E-state index contributed by atoms with van der Waals surface area (Å²) in [5.41, 5.74) is 5.69. The van der Waals surface area contributed by atoms with Crippen molar-refractivity contribution in [1.29, 1.82) is 0 Å². The number of fused-ring (bicyclic) bond motifs is 1. The van der Waals surface area contributed by atoms with Gasteiger partial charge in [0.05, 0.1) is 5.02 Å². The highest BCUT2D eigenvalue weighted by Gasteiger charge is 2.18. The summed E-state index contributed by atoms with van der Waals surface area (Å²) in [7, 11) is 0. The van der Waals surface area contributed by atoms with Crippen LogP contribution in [0.3, 0.4) is 0 Å². The molecule has 2 N–H and O–H groups in total. The van der Waals surface area contributed by atoms with Crippen molar-refractivity contribution in [3.63, 3.8) is 0 Å². The third-order valence-corrected chi connectivity index (χ3v) is 5.97. The lowest BCUT2D eigenvalue weighted by molar-refractivity contribution is -0.125. The molecule has 0 spiro atoms. The zero-order valence-corrected chi connectivity index (χ0v) is 21.6. The van der Waals surface area contributed by atoms with E-state index < -0.39 is 12.0 Å². The number of nitrogens with zero attached hydrogens (tertiary/aromatic N) is 1. The van der Waals surface area contributed by atoms with Crippen LogP contribution in [0.1, 0.15) is 29.5 Å². The van der Waals surface area contributed by atoms with E-state index in [9.17, 15) is 4.79 Å². The van der Waals surface area contributed by atoms with Crippen LogP contribution < -0.4 is 15.4 Å². The van der Waals surface area contributed by atoms with Gasteiger partial charge in [-0.25, -0.2) is 4.98 Å². The largest absolute Gasteiger partial charge is 0.479 e. The summed E-state index contributed by atoms with van der Waals surface area (Å²) < 4.78 is 11.6. The first kappa shape index (κ1) is 25.0. The van der Waals surface area contributed by atoms with Crippen LogP contribution in [0.4, 0.5) is 5.69 Å². The predicted octanol–water partition coefficient (Wildman–Crippen LogP) is 6.62. The van der Waals surface area contributed by atoms with Gasteiger partial charge in [0, 0.05) is 17.1 Å². The number of oxazole rings is 1. The Morgan fingerprint density at radius 3 is 2.57 bits per heavy atom. The van der Waals surface area contributed by atoms with E-state index in [4.69, 9.17) is 44.6 Å². The Balaban J connectivity index is 1.32. The van der Waals surface area contributed by atoms with E-state index in [0.717, 1.165) is 33.5 Å². The van der Waals surface area contributed by atoms with Crippen molar-refractivity contribution in [2.75, 3.05) is 5.32 Å². The van der Waals surface area contributed by atoms with Gasteiger partial charge in [-0.3, -0.25) is 10.1 Å². The van der Waals surface area contributed by atoms with Crippen LogP contribution in [0.15, 0.2) is 59.0 Å². The fourth-order valence-corrected chi connectivity index (χ4v) is 4.24. The Morgan fingerprint density at radius 2 is 1.86 bits per heavy atom. The normalized spacial score (nSPS) is 11.8. The van der Waals surface area contributed by atoms with Crippen molar-refractivity contribution < 1.29 is 13.9 Å². The molecule has 9 heteroatoms. The number of rotatable bonds is 6. The number of amides is 1. The van der Waals surface area contributed by atoms with Crippen molar-refractivity contribution in [3.05, 3.63) is 87.2 Å². The minimum absolute atomic E-state index is 0.158. The Labute approximate surface area is 218 Å². The molecule has 6 nitrogen and oxygen atoms in total. The first-order chi connectivity index (χ1) is 16.7. The molecule has 0 radical (unpaired) electrons. The minimum Gasteiger partial charge on any atom is -0.479 e. The number of aryl methyl sites for hydroxylation is 2. The molecule has 0 saturated carbocycles. The van der Waals surface area contributed by atoms with Crippen LogP contribution in [-0.2, 0) is 11.2 Å². The zero-order chi connectivity index (χ0) is 25.1. The van der Waals surface area contributed by atoms with Crippen LogP contribution in [-0.4, -0.2) is 22.1 Å². The van der Waals surface area contributed by atoms with E-state index in [0.29, 0.717) is 28.1 Å². The fourth-order valence-electron chi connectivity index (χ4n) is 3.57. The summed E-state index contributed by atoms with van der Waals surface area (Å²) in [6.07, 6.45) is -0.254. The molecule has 1 unspecified atom stereocenters. The summed E-state index contributed by atoms with van der Waals surface area (Å²) >= 11 is 17.3. The van der Waals surface area contributed by atoms with Gasteiger partial charge in [0.1, 0.15) is 11.3 Å². The first-order valence-corrected chi connectivity index (χ1v) is 12.0. The maximum absolute atomic E-state index is 12.5. The van der Waals surface area contributed by atoms with Crippen molar-refractivity contribution in [3.8, 4) is 5.75 Å². The van der Waals surface area contributed by atoms with Crippen molar-refractivity contribution in [1.82, 2.24) is 10.3 Å². The molecule has 35 heavy (non-hydrogen) atoms. The highest BCUT2D eigenvalue weighted by Crippen LogP contribution is 2.28. The molecule has 0 saturated heterocycles. The summed E-state index contributed by atoms with van der Waals surface area (Å²) in [6, 6.07) is 16.5. The average molecular weight is 528 g/mol. The summed E-state index contributed by atoms with van der Waals surface area (Å²) in [6.45, 7) is 5.67. The zero-order valence-electron chi connectivity index (χ0n) is 19.3. The van der Waals surface area contributed by atoms with Gasteiger partial charge in [0.2, 0.25) is 0 Å². The van der Waals surface area contributed by atoms with Gasteiger partial charge in [0.25, 0.3) is 5.91 Å². The molecule has 1 amide bonds. The van der Waals surface area contributed by atoms with Gasteiger partial charge in [-0.1, -0.05) is 41.4 Å². The third kappa shape index (κ3) is 6.31. The van der Waals surface area contributed by atoms with E-state index in [1.54, 1.807) is 25.1 Å². The number of carbonyl (C=O) groups excluding carboxylic acids is 1. The molecule has 0 aliphatic heterocycles.